The van der Waals surface area contributed by atoms with Crippen LogP contribution in [0.4, 0.5) is 5.69 Å². The summed E-state index contributed by atoms with van der Waals surface area (Å²) < 4.78 is 34.2. The number of hydrogen-bond acceptors (Lipinski definition) is 5. The molecule has 1 atom stereocenters. The standard InChI is InChI=1S/C30H37N3O5S/c1-21(2)31-30(35)24(5)32(19-25-11-10-12-27(18-25)38-6)29(34)20-33(26-16-22(3)15-23(4)17-26)39(36,37)28-13-8-7-9-14-28/h7-18,21,24H,19-20H2,1-6H3,(H,31,35). The molecular formula is C30H37N3O5S. The molecule has 0 saturated heterocycles. The van der Waals surface area contributed by atoms with Crippen LogP contribution in [0.1, 0.15) is 37.5 Å². The fourth-order valence-corrected chi connectivity index (χ4v) is 5.72. The second kappa shape index (κ2) is 12.8. The number of aryl methyl sites for hydroxylation is 2. The van der Waals surface area contributed by atoms with E-state index in [1.807, 2.05) is 39.8 Å². The van der Waals surface area contributed by atoms with Gasteiger partial charge < -0.3 is 15.0 Å². The van der Waals surface area contributed by atoms with Gasteiger partial charge in [-0.05, 0) is 87.7 Å². The van der Waals surface area contributed by atoms with Crippen molar-refractivity contribution in [2.45, 2.75) is 58.1 Å². The molecule has 3 rings (SSSR count). The van der Waals surface area contributed by atoms with Crippen LogP contribution in [0.15, 0.2) is 77.7 Å². The first kappa shape index (κ1) is 29.7. The van der Waals surface area contributed by atoms with Gasteiger partial charge >= 0.3 is 0 Å². The summed E-state index contributed by atoms with van der Waals surface area (Å²) in [5.41, 5.74) is 2.85. The van der Waals surface area contributed by atoms with E-state index in [0.29, 0.717) is 11.4 Å². The number of amides is 2. The van der Waals surface area contributed by atoms with Crippen molar-refractivity contribution < 1.29 is 22.7 Å². The van der Waals surface area contributed by atoms with Gasteiger partial charge in [0.2, 0.25) is 11.8 Å². The molecule has 0 bridgehead atoms. The van der Waals surface area contributed by atoms with Crippen molar-refractivity contribution in [2.75, 3.05) is 18.0 Å². The average molecular weight is 552 g/mol. The Bertz CT molecular complexity index is 1390. The zero-order chi connectivity index (χ0) is 28.7. The van der Waals surface area contributed by atoms with Crippen molar-refractivity contribution in [3.63, 3.8) is 0 Å². The molecule has 0 aliphatic heterocycles. The maximum Gasteiger partial charge on any atom is 0.264 e. The van der Waals surface area contributed by atoms with Crippen LogP contribution >= 0.6 is 0 Å². The van der Waals surface area contributed by atoms with Crippen molar-refractivity contribution in [3.8, 4) is 5.75 Å². The summed E-state index contributed by atoms with van der Waals surface area (Å²) >= 11 is 0. The van der Waals surface area contributed by atoms with E-state index in [0.717, 1.165) is 21.0 Å². The van der Waals surface area contributed by atoms with Gasteiger partial charge in [-0.2, -0.15) is 0 Å². The first-order valence-corrected chi connectivity index (χ1v) is 14.2. The molecule has 0 aliphatic rings. The monoisotopic (exact) mass is 551 g/mol. The number of ether oxygens (including phenoxy) is 1. The van der Waals surface area contributed by atoms with E-state index in [9.17, 15) is 18.0 Å². The smallest absolute Gasteiger partial charge is 0.264 e. The number of methoxy groups -OCH3 is 1. The first-order valence-electron chi connectivity index (χ1n) is 12.8. The molecule has 0 heterocycles. The second-order valence-corrected chi connectivity index (χ2v) is 11.7. The average Bonchev–Trinajstić information content (AvgIpc) is 2.89. The van der Waals surface area contributed by atoms with Gasteiger partial charge in [0.1, 0.15) is 18.3 Å². The highest BCUT2D eigenvalue weighted by molar-refractivity contribution is 7.92. The minimum atomic E-state index is -4.10. The van der Waals surface area contributed by atoms with Gasteiger partial charge in [-0.15, -0.1) is 0 Å². The molecule has 1 unspecified atom stereocenters. The third-order valence-corrected chi connectivity index (χ3v) is 7.98. The van der Waals surface area contributed by atoms with Gasteiger partial charge in [-0.3, -0.25) is 13.9 Å². The summed E-state index contributed by atoms with van der Waals surface area (Å²) in [6.07, 6.45) is 0. The highest BCUT2D eigenvalue weighted by Gasteiger charge is 2.32. The Morgan fingerprint density at radius 2 is 1.54 bits per heavy atom. The molecule has 0 saturated carbocycles. The molecule has 0 radical (unpaired) electrons. The number of sulfonamides is 1. The van der Waals surface area contributed by atoms with Crippen LogP contribution in [0.3, 0.4) is 0 Å². The summed E-state index contributed by atoms with van der Waals surface area (Å²) in [5.74, 6) is -0.226. The minimum Gasteiger partial charge on any atom is -0.497 e. The van der Waals surface area contributed by atoms with Gasteiger partial charge in [-0.25, -0.2) is 8.42 Å². The summed E-state index contributed by atoms with van der Waals surface area (Å²) in [7, 11) is -2.55. The lowest BCUT2D eigenvalue weighted by molar-refractivity contribution is -0.139. The molecule has 3 aromatic rings. The SMILES string of the molecule is COc1cccc(CN(C(=O)CN(c2cc(C)cc(C)c2)S(=O)(=O)c2ccccc2)C(C)C(=O)NC(C)C)c1. The lowest BCUT2D eigenvalue weighted by Crippen LogP contribution is -2.52. The van der Waals surface area contributed by atoms with E-state index in [4.69, 9.17) is 4.74 Å². The number of anilines is 1. The molecule has 208 valence electrons. The van der Waals surface area contributed by atoms with E-state index in [1.54, 1.807) is 62.6 Å². The van der Waals surface area contributed by atoms with Crippen molar-refractivity contribution >= 4 is 27.5 Å². The van der Waals surface area contributed by atoms with Crippen molar-refractivity contribution in [1.29, 1.82) is 0 Å². The Balaban J connectivity index is 2.06. The summed E-state index contributed by atoms with van der Waals surface area (Å²) in [6.45, 7) is 8.68. The van der Waals surface area contributed by atoms with E-state index in [2.05, 4.69) is 5.32 Å². The van der Waals surface area contributed by atoms with Crippen molar-refractivity contribution in [2.24, 2.45) is 0 Å². The molecule has 9 heteroatoms. The van der Waals surface area contributed by atoms with Gasteiger partial charge in [0.05, 0.1) is 17.7 Å². The fraction of sp³-hybridized carbons (Fsp3) is 0.333. The molecule has 2 amide bonds. The molecule has 1 N–H and O–H groups in total. The number of nitrogens with zero attached hydrogens (tertiary/aromatic N) is 2. The predicted octanol–water partition coefficient (Wildman–Crippen LogP) is 4.45. The third-order valence-electron chi connectivity index (χ3n) is 6.19. The van der Waals surface area contributed by atoms with E-state index < -0.39 is 28.5 Å². The van der Waals surface area contributed by atoms with Crippen LogP contribution in [0.2, 0.25) is 0 Å². The predicted molar refractivity (Wildman–Crippen MR) is 153 cm³/mol. The zero-order valence-electron chi connectivity index (χ0n) is 23.3. The topological polar surface area (TPSA) is 96.0 Å². The van der Waals surface area contributed by atoms with Gasteiger partial charge in [0.25, 0.3) is 10.0 Å². The van der Waals surface area contributed by atoms with Crippen molar-refractivity contribution in [1.82, 2.24) is 10.2 Å². The summed E-state index contributed by atoms with van der Waals surface area (Å²) in [6, 6.07) is 19.7. The Kier molecular flexibility index (Phi) is 9.75. The van der Waals surface area contributed by atoms with E-state index in [-0.39, 0.29) is 23.4 Å². The summed E-state index contributed by atoms with van der Waals surface area (Å²) in [4.78, 5) is 28.5. The lowest BCUT2D eigenvalue weighted by Gasteiger charge is -2.32. The Morgan fingerprint density at radius 3 is 2.13 bits per heavy atom. The van der Waals surface area contributed by atoms with Crippen LogP contribution in [0.25, 0.3) is 0 Å². The minimum absolute atomic E-state index is 0.0712. The molecule has 8 nitrogen and oxygen atoms in total. The normalized spacial score (nSPS) is 12.1. The van der Waals surface area contributed by atoms with Crippen LogP contribution in [0.5, 0.6) is 5.75 Å². The molecule has 0 spiro atoms. The molecule has 0 aliphatic carbocycles. The highest BCUT2D eigenvalue weighted by Crippen LogP contribution is 2.27. The van der Waals surface area contributed by atoms with Gasteiger partial charge in [0.15, 0.2) is 0 Å². The number of carbonyl (C=O) groups excluding carboxylic acids is 2. The fourth-order valence-electron chi connectivity index (χ4n) is 4.30. The zero-order valence-corrected chi connectivity index (χ0v) is 24.2. The molecular weight excluding hydrogens is 514 g/mol. The molecule has 39 heavy (non-hydrogen) atoms. The molecule has 0 fully saturated rings. The van der Waals surface area contributed by atoms with E-state index in [1.165, 1.54) is 17.0 Å². The number of hydrogen-bond donors (Lipinski definition) is 1. The third kappa shape index (κ3) is 7.60. The second-order valence-electron chi connectivity index (χ2n) is 9.88. The summed E-state index contributed by atoms with van der Waals surface area (Å²) in [5, 5.41) is 2.85. The van der Waals surface area contributed by atoms with E-state index >= 15 is 0 Å². The number of nitrogens with one attached hydrogen (secondary N) is 1. The number of carbonyl (C=O) groups is 2. The molecule has 0 aromatic heterocycles. The number of rotatable bonds is 11. The lowest BCUT2D eigenvalue weighted by atomic mass is 10.1. The highest BCUT2D eigenvalue weighted by atomic mass is 32.2. The van der Waals surface area contributed by atoms with Crippen LogP contribution in [-0.2, 0) is 26.2 Å². The Morgan fingerprint density at radius 1 is 0.897 bits per heavy atom. The number of benzene rings is 3. The van der Waals surface area contributed by atoms with Crippen LogP contribution in [-0.4, -0.2) is 50.9 Å². The quantitative estimate of drug-likeness (QED) is 0.380. The van der Waals surface area contributed by atoms with Crippen LogP contribution in [0, 0.1) is 13.8 Å². The molecule has 3 aromatic carbocycles. The Hall–Kier alpha value is -3.85. The maximum absolute atomic E-state index is 14.0. The Labute approximate surface area is 231 Å². The first-order chi connectivity index (χ1) is 18.4. The van der Waals surface area contributed by atoms with Gasteiger partial charge in [-0.1, -0.05) is 36.4 Å². The van der Waals surface area contributed by atoms with Gasteiger partial charge in [0, 0.05) is 12.6 Å². The van der Waals surface area contributed by atoms with Crippen molar-refractivity contribution in [3.05, 3.63) is 89.5 Å². The maximum atomic E-state index is 14.0. The largest absolute Gasteiger partial charge is 0.497 e. The van der Waals surface area contributed by atoms with Crippen LogP contribution < -0.4 is 14.4 Å².